The lowest BCUT2D eigenvalue weighted by Gasteiger charge is -2.70. The van der Waals surface area contributed by atoms with E-state index in [2.05, 4.69) is 11.8 Å². The van der Waals surface area contributed by atoms with E-state index in [1.165, 1.54) is 28.1 Å². The third-order valence-electron chi connectivity index (χ3n) is 13.9. The fourth-order valence-corrected chi connectivity index (χ4v) is 13.0. The fourth-order valence-electron chi connectivity index (χ4n) is 13.0. The Morgan fingerprint density at radius 2 is 1.59 bits per heavy atom. The Labute approximate surface area is 299 Å². The number of hydrogen-bond acceptors (Lipinski definition) is 13. The van der Waals surface area contributed by atoms with Crippen LogP contribution in [0.15, 0.2) is 18.2 Å². The van der Waals surface area contributed by atoms with Gasteiger partial charge in [-0.1, -0.05) is 6.92 Å². The lowest BCUT2D eigenvalue weighted by molar-refractivity contribution is -0.298. The van der Waals surface area contributed by atoms with Crippen molar-refractivity contribution in [1.29, 1.82) is 0 Å². The van der Waals surface area contributed by atoms with Crippen LogP contribution < -0.4 is 9.47 Å². The number of carbonyl (C=O) groups excluding carboxylic acids is 3. The molecule has 1 unspecified atom stereocenters. The van der Waals surface area contributed by atoms with Crippen molar-refractivity contribution in [1.82, 2.24) is 4.90 Å². The van der Waals surface area contributed by atoms with Crippen LogP contribution >= 0.6 is 0 Å². The molecule has 0 aromatic heterocycles. The highest BCUT2D eigenvalue weighted by Crippen LogP contribution is 2.80. The van der Waals surface area contributed by atoms with Gasteiger partial charge in [-0.2, -0.15) is 0 Å². The summed E-state index contributed by atoms with van der Waals surface area (Å²) in [6.07, 6.45) is -0.714. The van der Waals surface area contributed by atoms with Crippen molar-refractivity contribution < 1.29 is 57.0 Å². The summed E-state index contributed by atoms with van der Waals surface area (Å²) in [5, 5.41) is 0. The lowest BCUT2D eigenvalue weighted by Crippen LogP contribution is -2.79. The summed E-state index contributed by atoms with van der Waals surface area (Å²) in [7, 11) is 9.87. The minimum absolute atomic E-state index is 0.109. The number of likely N-dealkylation sites (tertiary alicyclic amines) is 1. The lowest BCUT2D eigenvalue weighted by atomic mass is 9.42. The van der Waals surface area contributed by atoms with Gasteiger partial charge in [-0.05, 0) is 37.1 Å². The molecule has 13 heteroatoms. The molecule has 7 rings (SSSR count). The number of hydrogen-bond donors (Lipinski definition) is 0. The zero-order valence-electron chi connectivity index (χ0n) is 31.2. The number of fused-ring (bicyclic) bond motifs is 2. The Balaban J connectivity index is 1.44. The van der Waals surface area contributed by atoms with E-state index >= 15 is 0 Å². The topological polar surface area (TPSA) is 138 Å². The van der Waals surface area contributed by atoms with Crippen molar-refractivity contribution in [2.45, 2.75) is 82.2 Å². The maximum absolute atomic E-state index is 14.2. The van der Waals surface area contributed by atoms with E-state index in [-0.39, 0.29) is 53.8 Å². The Morgan fingerprint density at radius 3 is 2.18 bits per heavy atom. The average Bonchev–Trinajstić information content (AvgIpc) is 3.53. The van der Waals surface area contributed by atoms with Gasteiger partial charge < -0.3 is 42.6 Å². The van der Waals surface area contributed by atoms with Gasteiger partial charge in [-0.3, -0.25) is 14.5 Å². The molecule has 7 bridgehead atoms. The molecule has 1 saturated heterocycles. The highest BCUT2D eigenvalue weighted by Gasteiger charge is 2.89. The van der Waals surface area contributed by atoms with Gasteiger partial charge in [0.25, 0.3) is 0 Å². The standard InChI is InChI=1S/C38H53NO12/c1-10-39-17-36(18-43-4)27(49-19(2)40)15-28(47-8)38-23-14-22-26(46-7)16-37(51-20(3)41,30(34(38)39)32(48-9)33(36)38)29(23)31(22)50-35(42)21-11-12-24(44-5)25(13-21)45-6/h11-13,22-23,26-34H,10,14-18H2,1-9H3/t22-,23-,26+,27?,28+,29-,30+,31+,32+,33-,34-,36+,37-,38+/m1/s1. The van der Waals surface area contributed by atoms with Gasteiger partial charge in [0.05, 0.1) is 44.7 Å². The van der Waals surface area contributed by atoms with E-state index in [1.807, 2.05) is 0 Å². The van der Waals surface area contributed by atoms with Gasteiger partial charge in [-0.15, -0.1) is 0 Å². The molecular formula is C38H53NO12. The van der Waals surface area contributed by atoms with Crippen LogP contribution in [0.25, 0.3) is 0 Å². The van der Waals surface area contributed by atoms with Crippen LogP contribution in [-0.4, -0.2) is 127 Å². The van der Waals surface area contributed by atoms with Crippen molar-refractivity contribution >= 4 is 17.9 Å². The van der Waals surface area contributed by atoms with Crippen LogP contribution in [0, 0.1) is 40.4 Å². The molecule has 0 N–H and O–H groups in total. The third-order valence-corrected chi connectivity index (χ3v) is 13.9. The summed E-state index contributed by atoms with van der Waals surface area (Å²) in [6, 6.07) is 4.85. The predicted molar refractivity (Wildman–Crippen MR) is 180 cm³/mol. The Kier molecular flexibility index (Phi) is 9.39. The molecule has 1 spiro atoms. The Hall–Kier alpha value is -2.97. The van der Waals surface area contributed by atoms with E-state index in [0.717, 1.165) is 0 Å². The van der Waals surface area contributed by atoms with Gasteiger partial charge in [0.1, 0.15) is 17.8 Å². The van der Waals surface area contributed by atoms with Crippen molar-refractivity contribution in [2.75, 3.05) is 62.4 Å². The molecule has 0 radical (unpaired) electrons. The summed E-state index contributed by atoms with van der Waals surface area (Å²) in [6.45, 7) is 6.68. The first-order chi connectivity index (χ1) is 24.5. The molecule has 5 saturated carbocycles. The molecule has 6 fully saturated rings. The van der Waals surface area contributed by atoms with Gasteiger partial charge >= 0.3 is 17.9 Å². The van der Waals surface area contributed by atoms with E-state index < -0.39 is 46.7 Å². The van der Waals surface area contributed by atoms with Crippen LogP contribution in [0.1, 0.15) is 50.4 Å². The molecule has 282 valence electrons. The quantitative estimate of drug-likeness (QED) is 0.232. The van der Waals surface area contributed by atoms with Gasteiger partial charge in [0.15, 0.2) is 11.5 Å². The number of methoxy groups -OCH3 is 6. The van der Waals surface area contributed by atoms with Crippen molar-refractivity contribution in [3.63, 3.8) is 0 Å². The highest BCUT2D eigenvalue weighted by atomic mass is 16.6. The van der Waals surface area contributed by atoms with Gasteiger partial charge in [0, 0.05) is 102 Å². The molecule has 1 heterocycles. The minimum atomic E-state index is -1.10. The van der Waals surface area contributed by atoms with E-state index in [0.29, 0.717) is 56.0 Å². The smallest absolute Gasteiger partial charge is 0.338 e. The number of benzene rings is 1. The number of ether oxygens (including phenoxy) is 9. The summed E-state index contributed by atoms with van der Waals surface area (Å²) < 4.78 is 56.1. The molecule has 6 aliphatic rings. The van der Waals surface area contributed by atoms with Gasteiger partial charge in [0.2, 0.25) is 0 Å². The highest BCUT2D eigenvalue weighted by molar-refractivity contribution is 5.90. The van der Waals surface area contributed by atoms with Crippen molar-refractivity contribution in [3.05, 3.63) is 23.8 Å². The first-order valence-electron chi connectivity index (χ1n) is 18.1. The van der Waals surface area contributed by atoms with Crippen molar-refractivity contribution in [3.8, 4) is 11.5 Å². The maximum atomic E-state index is 14.2. The Morgan fingerprint density at radius 1 is 0.843 bits per heavy atom. The zero-order chi connectivity index (χ0) is 36.6. The second-order valence-electron chi connectivity index (χ2n) is 15.4. The number of rotatable bonds is 12. The Bertz CT molecular complexity index is 1540. The molecular weight excluding hydrogens is 662 g/mol. The monoisotopic (exact) mass is 715 g/mol. The van der Waals surface area contributed by atoms with E-state index in [1.54, 1.807) is 46.6 Å². The van der Waals surface area contributed by atoms with Crippen LogP contribution in [0.4, 0.5) is 0 Å². The molecule has 13 nitrogen and oxygen atoms in total. The second kappa shape index (κ2) is 13.2. The molecule has 5 aliphatic carbocycles. The normalized spacial score (nSPS) is 43.0. The van der Waals surface area contributed by atoms with Gasteiger partial charge in [-0.25, -0.2) is 4.79 Å². The SMILES string of the molecule is CCN1C[C@]2(COC)C(OC(C)=O)C[C@H](OC)[C@@]34[C@@H]5C[C@H]6[C@H](OC(=O)c7ccc(OC)c(OC)c7)[C@@H]5[C@](OC(C)=O)(C[C@@H]6OC)[C@@H]([C@H](OC)[C@H]23)[C@@H]14. The predicted octanol–water partition coefficient (Wildman–Crippen LogP) is 3.15. The molecule has 14 atom stereocenters. The fraction of sp³-hybridized carbons (Fsp3) is 0.763. The summed E-state index contributed by atoms with van der Waals surface area (Å²) in [5.41, 5.74) is -1.99. The van der Waals surface area contributed by atoms with Crippen molar-refractivity contribution in [2.24, 2.45) is 40.4 Å². The first kappa shape index (κ1) is 36.4. The second-order valence-corrected chi connectivity index (χ2v) is 15.4. The van der Waals surface area contributed by atoms with Crippen LogP contribution in [0.5, 0.6) is 11.5 Å². The molecule has 0 amide bonds. The van der Waals surface area contributed by atoms with Crippen LogP contribution in [0.3, 0.4) is 0 Å². The minimum Gasteiger partial charge on any atom is -0.493 e. The van der Waals surface area contributed by atoms with Crippen LogP contribution in [0.2, 0.25) is 0 Å². The van der Waals surface area contributed by atoms with Crippen LogP contribution in [-0.2, 0) is 42.7 Å². The summed E-state index contributed by atoms with van der Waals surface area (Å²) in [4.78, 5) is 42.8. The first-order valence-corrected chi connectivity index (χ1v) is 18.1. The number of piperidine rings is 1. The number of carbonyl (C=O) groups is 3. The number of esters is 3. The summed E-state index contributed by atoms with van der Waals surface area (Å²) >= 11 is 0. The molecule has 51 heavy (non-hydrogen) atoms. The summed E-state index contributed by atoms with van der Waals surface area (Å²) in [5.74, 6) is -1.60. The zero-order valence-corrected chi connectivity index (χ0v) is 31.2. The average molecular weight is 716 g/mol. The maximum Gasteiger partial charge on any atom is 0.338 e. The molecule has 1 aromatic carbocycles. The number of nitrogens with zero attached hydrogens (tertiary/aromatic N) is 1. The van der Waals surface area contributed by atoms with E-state index in [4.69, 9.17) is 42.6 Å². The molecule has 1 aliphatic heterocycles. The largest absolute Gasteiger partial charge is 0.493 e. The third kappa shape index (κ3) is 4.79. The molecule has 1 aromatic rings. The van der Waals surface area contributed by atoms with E-state index in [9.17, 15) is 14.4 Å².